The lowest BCUT2D eigenvalue weighted by molar-refractivity contribution is -0.0139. The van der Waals surface area contributed by atoms with Gasteiger partial charge in [0.15, 0.2) is 0 Å². The van der Waals surface area contributed by atoms with Gasteiger partial charge in [-0.05, 0) is 13.8 Å². The summed E-state index contributed by atoms with van der Waals surface area (Å²) in [6.07, 6.45) is -1.10. The fourth-order valence-electron chi connectivity index (χ4n) is 0.705. The Kier molecular flexibility index (Phi) is 16.7. The van der Waals surface area contributed by atoms with E-state index in [2.05, 4.69) is 0 Å². The van der Waals surface area contributed by atoms with Crippen LogP contribution in [-0.2, 0) is 9.47 Å². The monoisotopic (exact) mass is 240 g/mol. The maximum atomic E-state index is 8.61. The van der Waals surface area contributed by atoms with Crippen LogP contribution in [0, 0.1) is 0 Å². The Hall–Kier alpha value is -0.240. The quantitative estimate of drug-likeness (QED) is 0.423. The average Bonchev–Trinajstić information content (AvgIpc) is 2.33. The van der Waals surface area contributed by atoms with E-state index in [1.54, 1.807) is 0 Å². The summed E-state index contributed by atoms with van der Waals surface area (Å²) in [5.74, 6) is 0. The van der Waals surface area contributed by atoms with Crippen molar-refractivity contribution >= 4 is 0 Å². The van der Waals surface area contributed by atoms with E-state index in [1.165, 1.54) is 0 Å². The molecule has 0 bridgehead atoms. The Labute approximate surface area is 96.4 Å². The van der Waals surface area contributed by atoms with Gasteiger partial charge in [-0.1, -0.05) is 0 Å². The van der Waals surface area contributed by atoms with Gasteiger partial charge in [-0.2, -0.15) is 0 Å². The summed E-state index contributed by atoms with van der Waals surface area (Å²) < 4.78 is 9.62. The van der Waals surface area contributed by atoms with E-state index in [0.717, 1.165) is 0 Å². The van der Waals surface area contributed by atoms with Crippen molar-refractivity contribution in [2.24, 2.45) is 0 Å². The van der Waals surface area contributed by atoms with Gasteiger partial charge in [-0.3, -0.25) is 0 Å². The molecule has 0 aromatic heterocycles. The predicted octanol–water partition coefficient (Wildman–Crippen LogP) is -1.25. The molecule has 4 N–H and O–H groups in total. The van der Waals surface area contributed by atoms with Gasteiger partial charge in [-0.15, -0.1) is 0 Å². The first-order valence-electron chi connectivity index (χ1n) is 5.36. The van der Waals surface area contributed by atoms with Gasteiger partial charge in [-0.25, -0.2) is 0 Å². The molecule has 0 aromatic rings. The lowest BCUT2D eigenvalue weighted by Gasteiger charge is -2.08. The van der Waals surface area contributed by atoms with Crippen molar-refractivity contribution in [2.75, 3.05) is 39.6 Å². The number of aliphatic hydroxyl groups is 4. The fourth-order valence-corrected chi connectivity index (χ4v) is 0.705. The van der Waals surface area contributed by atoms with Gasteiger partial charge in [0.25, 0.3) is 0 Å². The van der Waals surface area contributed by atoms with Crippen molar-refractivity contribution in [3.8, 4) is 0 Å². The molecule has 0 rings (SSSR count). The van der Waals surface area contributed by atoms with Gasteiger partial charge in [0.2, 0.25) is 0 Å². The molecule has 0 aromatic carbocycles. The van der Waals surface area contributed by atoms with E-state index in [4.69, 9.17) is 29.9 Å². The molecule has 0 spiro atoms. The van der Waals surface area contributed by atoms with E-state index in [0.29, 0.717) is 13.2 Å². The van der Waals surface area contributed by atoms with Crippen LogP contribution in [0.3, 0.4) is 0 Å². The molecular weight excluding hydrogens is 216 g/mol. The zero-order valence-electron chi connectivity index (χ0n) is 10.0. The molecule has 100 valence electrons. The third-order valence-electron chi connectivity index (χ3n) is 1.53. The molecule has 0 radical (unpaired) electrons. The van der Waals surface area contributed by atoms with Crippen LogP contribution in [0.1, 0.15) is 13.8 Å². The zero-order chi connectivity index (χ0) is 12.8. The normalized spacial score (nSPS) is 12.2. The predicted molar refractivity (Wildman–Crippen MR) is 59.2 cm³/mol. The second-order valence-electron chi connectivity index (χ2n) is 2.94. The first kappa shape index (κ1) is 18.1. The standard InChI is InChI=1S/2C5H12O3/c1-2-8-4-5(7)3-6;1-2-8-5(3-6)4-7/h2*5-7H,2-4H2,1H3. The smallest absolute Gasteiger partial charge is 0.104 e. The summed E-state index contributed by atoms with van der Waals surface area (Å²) in [5.41, 5.74) is 0. The molecule has 0 amide bonds. The third-order valence-corrected chi connectivity index (χ3v) is 1.53. The first-order chi connectivity index (χ1) is 7.65. The largest absolute Gasteiger partial charge is 0.394 e. The number of rotatable bonds is 8. The molecule has 0 fully saturated rings. The van der Waals surface area contributed by atoms with Crippen molar-refractivity contribution in [2.45, 2.75) is 26.1 Å². The second kappa shape index (κ2) is 14.8. The highest BCUT2D eigenvalue weighted by molar-refractivity contribution is 4.49. The van der Waals surface area contributed by atoms with Crippen molar-refractivity contribution < 1.29 is 29.9 Å². The Morgan fingerprint density at radius 3 is 1.75 bits per heavy atom. The van der Waals surface area contributed by atoms with Crippen LogP contribution >= 0.6 is 0 Å². The molecule has 0 saturated heterocycles. The molecule has 16 heavy (non-hydrogen) atoms. The maximum Gasteiger partial charge on any atom is 0.104 e. The highest BCUT2D eigenvalue weighted by Crippen LogP contribution is 1.86. The summed E-state index contributed by atoms with van der Waals surface area (Å²) in [4.78, 5) is 0. The summed E-state index contributed by atoms with van der Waals surface area (Å²) in [7, 11) is 0. The molecular formula is C10H24O6. The van der Waals surface area contributed by atoms with Crippen LogP contribution in [-0.4, -0.2) is 72.3 Å². The topological polar surface area (TPSA) is 99.4 Å². The Morgan fingerprint density at radius 2 is 1.50 bits per heavy atom. The molecule has 0 saturated carbocycles. The summed E-state index contributed by atoms with van der Waals surface area (Å²) in [6.45, 7) is 4.56. The van der Waals surface area contributed by atoms with Crippen molar-refractivity contribution in [1.29, 1.82) is 0 Å². The fraction of sp³-hybridized carbons (Fsp3) is 1.00. The van der Waals surface area contributed by atoms with Gasteiger partial charge in [0.05, 0.1) is 26.4 Å². The van der Waals surface area contributed by atoms with Crippen molar-refractivity contribution in [3.05, 3.63) is 0 Å². The molecule has 0 aliphatic heterocycles. The van der Waals surface area contributed by atoms with Crippen molar-refractivity contribution in [1.82, 2.24) is 0 Å². The zero-order valence-corrected chi connectivity index (χ0v) is 10.0. The van der Waals surface area contributed by atoms with E-state index in [1.807, 2.05) is 13.8 Å². The van der Waals surface area contributed by atoms with E-state index < -0.39 is 6.10 Å². The molecule has 0 aliphatic rings. The molecule has 6 nitrogen and oxygen atoms in total. The van der Waals surface area contributed by atoms with Crippen LogP contribution in [0.4, 0.5) is 0 Å². The van der Waals surface area contributed by atoms with Crippen LogP contribution in [0.2, 0.25) is 0 Å². The lowest BCUT2D eigenvalue weighted by Crippen LogP contribution is -2.21. The van der Waals surface area contributed by atoms with Crippen LogP contribution < -0.4 is 0 Å². The molecule has 1 unspecified atom stereocenters. The van der Waals surface area contributed by atoms with Gasteiger partial charge >= 0.3 is 0 Å². The Balaban J connectivity index is 0. The highest BCUT2D eigenvalue weighted by atomic mass is 16.5. The molecule has 0 heterocycles. The second-order valence-corrected chi connectivity index (χ2v) is 2.94. The highest BCUT2D eigenvalue weighted by Gasteiger charge is 2.01. The van der Waals surface area contributed by atoms with E-state index >= 15 is 0 Å². The van der Waals surface area contributed by atoms with Crippen LogP contribution in [0.5, 0.6) is 0 Å². The number of hydrogen-bond acceptors (Lipinski definition) is 6. The van der Waals surface area contributed by atoms with Crippen LogP contribution in [0.25, 0.3) is 0 Å². The minimum absolute atomic E-state index is 0.107. The van der Waals surface area contributed by atoms with E-state index in [9.17, 15) is 0 Å². The molecule has 0 aliphatic carbocycles. The summed E-state index contributed by atoms with van der Waals surface area (Å²) in [5, 5.41) is 33.6. The minimum atomic E-state index is -0.713. The molecule has 6 heteroatoms. The lowest BCUT2D eigenvalue weighted by atomic mass is 10.4. The number of ether oxygens (including phenoxy) is 2. The van der Waals surface area contributed by atoms with E-state index in [-0.39, 0.29) is 32.5 Å². The number of hydrogen-bond donors (Lipinski definition) is 4. The van der Waals surface area contributed by atoms with Crippen LogP contribution in [0.15, 0.2) is 0 Å². The summed E-state index contributed by atoms with van der Waals surface area (Å²) >= 11 is 0. The SMILES string of the molecule is CCOC(CO)CO.CCOCC(O)CO. The van der Waals surface area contributed by atoms with Gasteiger partial charge in [0, 0.05) is 13.2 Å². The number of aliphatic hydroxyl groups excluding tert-OH is 4. The molecule has 1 atom stereocenters. The minimum Gasteiger partial charge on any atom is -0.394 e. The first-order valence-corrected chi connectivity index (χ1v) is 5.36. The Bertz CT molecular complexity index is 118. The van der Waals surface area contributed by atoms with Crippen molar-refractivity contribution in [3.63, 3.8) is 0 Å². The Morgan fingerprint density at radius 1 is 0.938 bits per heavy atom. The average molecular weight is 240 g/mol. The summed E-state index contributed by atoms with van der Waals surface area (Å²) in [6, 6.07) is 0. The van der Waals surface area contributed by atoms with Gasteiger partial charge < -0.3 is 29.9 Å². The maximum absolute atomic E-state index is 8.61. The van der Waals surface area contributed by atoms with Gasteiger partial charge in [0.1, 0.15) is 12.2 Å². The third kappa shape index (κ3) is 13.8.